The van der Waals surface area contributed by atoms with Crippen molar-refractivity contribution in [2.45, 2.75) is 43.2 Å². The summed E-state index contributed by atoms with van der Waals surface area (Å²) in [5.74, 6) is -4.07. The summed E-state index contributed by atoms with van der Waals surface area (Å²) in [4.78, 5) is 22.8. The fraction of sp³-hybridized carbons (Fsp3) is 0.818. The predicted molar refractivity (Wildman–Crippen MR) is 57.8 cm³/mol. The SMILES string of the molecule is COC(=O)[C@@H](N)CC1CC2(CC(F)(F)C2)NC1=O. The van der Waals surface area contributed by atoms with Crippen LogP contribution in [0, 0.1) is 5.92 Å². The summed E-state index contributed by atoms with van der Waals surface area (Å²) in [5.41, 5.74) is 4.78. The molecule has 5 nitrogen and oxygen atoms in total. The van der Waals surface area contributed by atoms with Crippen LogP contribution in [0.3, 0.4) is 0 Å². The second kappa shape index (κ2) is 4.15. The smallest absolute Gasteiger partial charge is 0.322 e. The van der Waals surface area contributed by atoms with E-state index in [1.807, 2.05) is 0 Å². The Morgan fingerprint density at radius 3 is 2.72 bits per heavy atom. The van der Waals surface area contributed by atoms with E-state index < -0.39 is 29.4 Å². The van der Waals surface area contributed by atoms with Gasteiger partial charge in [0, 0.05) is 18.8 Å². The lowest BCUT2D eigenvalue weighted by atomic mass is 9.71. The van der Waals surface area contributed by atoms with E-state index in [4.69, 9.17) is 5.73 Å². The molecule has 1 unspecified atom stereocenters. The Morgan fingerprint density at radius 1 is 1.61 bits per heavy atom. The minimum absolute atomic E-state index is 0.131. The Kier molecular flexibility index (Phi) is 3.04. The van der Waals surface area contributed by atoms with Gasteiger partial charge in [-0.25, -0.2) is 8.78 Å². The van der Waals surface area contributed by atoms with Gasteiger partial charge in [0.2, 0.25) is 5.91 Å². The number of hydrogen-bond acceptors (Lipinski definition) is 4. The molecule has 0 aromatic heterocycles. The van der Waals surface area contributed by atoms with Crippen molar-refractivity contribution in [3.63, 3.8) is 0 Å². The molecule has 1 aliphatic heterocycles. The Balaban J connectivity index is 1.93. The van der Waals surface area contributed by atoms with Gasteiger partial charge in [-0.1, -0.05) is 0 Å². The van der Waals surface area contributed by atoms with E-state index in [-0.39, 0.29) is 25.2 Å². The number of hydrogen-bond donors (Lipinski definition) is 2. The van der Waals surface area contributed by atoms with E-state index in [2.05, 4.69) is 10.1 Å². The highest BCUT2D eigenvalue weighted by atomic mass is 19.3. The number of amides is 1. The zero-order valence-electron chi connectivity index (χ0n) is 10.0. The first-order valence-corrected chi connectivity index (χ1v) is 5.80. The van der Waals surface area contributed by atoms with Crippen molar-refractivity contribution < 1.29 is 23.1 Å². The van der Waals surface area contributed by atoms with Gasteiger partial charge in [0.05, 0.1) is 12.6 Å². The number of carbonyl (C=O) groups is 2. The quantitative estimate of drug-likeness (QED) is 0.711. The van der Waals surface area contributed by atoms with Gasteiger partial charge in [-0.3, -0.25) is 9.59 Å². The van der Waals surface area contributed by atoms with Crippen LogP contribution < -0.4 is 11.1 Å². The lowest BCUT2D eigenvalue weighted by Gasteiger charge is -2.44. The van der Waals surface area contributed by atoms with Gasteiger partial charge < -0.3 is 15.8 Å². The van der Waals surface area contributed by atoms with E-state index in [0.29, 0.717) is 6.42 Å². The molecular formula is C11H16F2N2O3. The molecule has 1 saturated heterocycles. The molecule has 3 N–H and O–H groups in total. The fourth-order valence-electron chi connectivity index (χ4n) is 2.89. The first kappa shape index (κ1) is 13.2. The second-order valence-electron chi connectivity index (χ2n) is 5.25. The summed E-state index contributed by atoms with van der Waals surface area (Å²) in [6.07, 6.45) is -0.205. The summed E-state index contributed by atoms with van der Waals surface area (Å²) in [5, 5.41) is 2.61. The van der Waals surface area contributed by atoms with Crippen molar-refractivity contribution in [1.29, 1.82) is 0 Å². The number of carbonyl (C=O) groups excluding carboxylic acids is 2. The van der Waals surface area contributed by atoms with E-state index in [1.54, 1.807) is 0 Å². The lowest BCUT2D eigenvalue weighted by Crippen LogP contribution is -2.58. The molecule has 2 atom stereocenters. The Hall–Kier alpha value is -1.24. The number of rotatable bonds is 3. The number of alkyl halides is 2. The van der Waals surface area contributed by atoms with E-state index in [0.717, 1.165) is 0 Å². The number of ether oxygens (including phenoxy) is 1. The molecule has 102 valence electrons. The number of nitrogens with one attached hydrogen (secondary N) is 1. The average molecular weight is 262 g/mol. The topological polar surface area (TPSA) is 81.4 Å². The summed E-state index contributed by atoms with van der Waals surface area (Å²) >= 11 is 0. The highest BCUT2D eigenvalue weighted by molar-refractivity contribution is 5.84. The molecule has 0 bridgehead atoms. The molecule has 2 fully saturated rings. The molecule has 0 aromatic carbocycles. The number of methoxy groups -OCH3 is 1. The number of nitrogens with two attached hydrogens (primary N) is 1. The van der Waals surface area contributed by atoms with Crippen molar-refractivity contribution in [1.82, 2.24) is 5.32 Å². The normalized spacial score (nSPS) is 29.6. The fourth-order valence-corrected chi connectivity index (χ4v) is 2.89. The van der Waals surface area contributed by atoms with E-state index in [9.17, 15) is 18.4 Å². The number of esters is 1. The highest BCUT2D eigenvalue weighted by Crippen LogP contribution is 2.51. The standard InChI is InChI=1S/C11H16F2N2O3/c1-18-9(17)7(14)2-6-3-10(15-8(6)16)4-11(12,13)5-10/h6-7H,2-5,14H2,1H3,(H,15,16)/t6?,7-/m0/s1. The summed E-state index contributed by atoms with van der Waals surface area (Å²) in [7, 11) is 1.21. The van der Waals surface area contributed by atoms with Crippen LogP contribution >= 0.6 is 0 Å². The largest absolute Gasteiger partial charge is 0.468 e. The molecule has 1 saturated carbocycles. The van der Waals surface area contributed by atoms with Crippen molar-refractivity contribution in [2.24, 2.45) is 11.7 Å². The molecule has 1 aliphatic carbocycles. The van der Waals surface area contributed by atoms with Gasteiger partial charge >= 0.3 is 5.97 Å². The van der Waals surface area contributed by atoms with Crippen LogP contribution in [0.2, 0.25) is 0 Å². The van der Waals surface area contributed by atoms with E-state index in [1.165, 1.54) is 7.11 Å². The van der Waals surface area contributed by atoms with Crippen LogP contribution in [0.5, 0.6) is 0 Å². The van der Waals surface area contributed by atoms with Crippen molar-refractivity contribution in [2.75, 3.05) is 7.11 Å². The third-order valence-electron chi connectivity index (χ3n) is 3.63. The molecular weight excluding hydrogens is 246 g/mol. The summed E-state index contributed by atoms with van der Waals surface area (Å²) in [6.45, 7) is 0. The third-order valence-corrected chi connectivity index (χ3v) is 3.63. The van der Waals surface area contributed by atoms with Gasteiger partial charge in [0.25, 0.3) is 5.92 Å². The summed E-state index contributed by atoms with van der Waals surface area (Å²) < 4.78 is 30.2. The third kappa shape index (κ3) is 2.31. The minimum atomic E-state index is -2.69. The van der Waals surface area contributed by atoms with Gasteiger partial charge in [-0.05, 0) is 12.8 Å². The predicted octanol–water partition coefficient (Wildman–Crippen LogP) is 0.181. The maximum absolute atomic E-state index is 12.9. The zero-order chi connectivity index (χ0) is 13.6. The molecule has 1 heterocycles. The first-order chi connectivity index (χ1) is 8.27. The van der Waals surface area contributed by atoms with Crippen LogP contribution in [0.1, 0.15) is 25.7 Å². The molecule has 2 aliphatic rings. The highest BCUT2D eigenvalue weighted by Gasteiger charge is 2.61. The average Bonchev–Trinajstić information content (AvgIpc) is 2.52. The van der Waals surface area contributed by atoms with Gasteiger partial charge in [0.1, 0.15) is 6.04 Å². The van der Waals surface area contributed by atoms with Crippen LogP contribution in [0.15, 0.2) is 0 Å². The van der Waals surface area contributed by atoms with E-state index >= 15 is 0 Å². The van der Waals surface area contributed by atoms with Gasteiger partial charge in [-0.15, -0.1) is 0 Å². The minimum Gasteiger partial charge on any atom is -0.468 e. The first-order valence-electron chi connectivity index (χ1n) is 5.80. The molecule has 2 rings (SSSR count). The van der Waals surface area contributed by atoms with Gasteiger partial charge in [0.15, 0.2) is 0 Å². The molecule has 1 spiro atoms. The van der Waals surface area contributed by atoms with Gasteiger partial charge in [-0.2, -0.15) is 0 Å². The monoisotopic (exact) mass is 262 g/mol. The van der Waals surface area contributed by atoms with Crippen molar-refractivity contribution in [3.05, 3.63) is 0 Å². The Bertz CT molecular complexity index is 378. The van der Waals surface area contributed by atoms with Crippen LogP contribution in [-0.2, 0) is 14.3 Å². The molecule has 1 amide bonds. The van der Waals surface area contributed by atoms with Crippen LogP contribution in [0.25, 0.3) is 0 Å². The zero-order valence-corrected chi connectivity index (χ0v) is 10.0. The van der Waals surface area contributed by atoms with Crippen molar-refractivity contribution >= 4 is 11.9 Å². The summed E-state index contributed by atoms with van der Waals surface area (Å²) in [6, 6.07) is -0.888. The van der Waals surface area contributed by atoms with Crippen LogP contribution in [0.4, 0.5) is 8.78 Å². The van der Waals surface area contributed by atoms with Crippen molar-refractivity contribution in [3.8, 4) is 0 Å². The maximum atomic E-state index is 12.9. The second-order valence-corrected chi connectivity index (χ2v) is 5.25. The lowest BCUT2D eigenvalue weighted by molar-refractivity contribution is -0.143. The molecule has 0 aromatic rings. The Labute approximate surface area is 103 Å². The maximum Gasteiger partial charge on any atom is 0.322 e. The van der Waals surface area contributed by atoms with Crippen LogP contribution in [-0.4, -0.2) is 36.5 Å². The molecule has 0 radical (unpaired) electrons. The molecule has 18 heavy (non-hydrogen) atoms. The Morgan fingerprint density at radius 2 is 2.22 bits per heavy atom. The molecule has 7 heteroatoms. The number of halogens is 2.